The van der Waals surface area contributed by atoms with E-state index in [0.29, 0.717) is 0 Å². The molecule has 3 N–H and O–H groups in total. The lowest BCUT2D eigenvalue weighted by Gasteiger charge is -2.29. The molecule has 0 radical (unpaired) electrons. The fraction of sp³-hybridized carbons (Fsp3) is 0.700. The molecular formula is C10H20N4. The maximum absolute atomic E-state index is 5.54. The van der Waals surface area contributed by atoms with Crippen LogP contribution in [0.4, 0.5) is 0 Å². The van der Waals surface area contributed by atoms with E-state index in [2.05, 4.69) is 31.3 Å². The smallest absolute Gasteiger partial charge is 0.0522 e. The second-order valence-corrected chi connectivity index (χ2v) is 4.81. The lowest BCUT2D eigenvalue weighted by atomic mass is 9.84. The summed E-state index contributed by atoms with van der Waals surface area (Å²) in [5.74, 6) is 5.54. The van der Waals surface area contributed by atoms with Crippen LogP contribution in [0.1, 0.15) is 26.3 Å². The minimum absolute atomic E-state index is 0.157. The largest absolute Gasteiger partial charge is 0.276 e. The van der Waals surface area contributed by atoms with E-state index in [9.17, 15) is 0 Å². The average molecular weight is 196 g/mol. The standard InChI is InChI=1S/C10H20N4/c1-10(2,3)9(13-11)5-8-6-12-14(4)7-8/h6-7,9,13H,5,11H2,1-4H3. The molecule has 0 saturated carbocycles. The Morgan fingerprint density at radius 1 is 1.57 bits per heavy atom. The molecule has 1 rings (SSSR count). The van der Waals surface area contributed by atoms with Crippen molar-refractivity contribution in [3.8, 4) is 0 Å². The van der Waals surface area contributed by atoms with Crippen molar-refractivity contribution in [1.82, 2.24) is 15.2 Å². The van der Waals surface area contributed by atoms with E-state index in [4.69, 9.17) is 5.84 Å². The Kier molecular flexibility index (Phi) is 3.29. The van der Waals surface area contributed by atoms with E-state index < -0.39 is 0 Å². The van der Waals surface area contributed by atoms with Gasteiger partial charge in [0.2, 0.25) is 0 Å². The van der Waals surface area contributed by atoms with Crippen molar-refractivity contribution < 1.29 is 0 Å². The fourth-order valence-corrected chi connectivity index (χ4v) is 1.43. The second-order valence-electron chi connectivity index (χ2n) is 4.81. The number of rotatable bonds is 3. The molecule has 1 aromatic rings. The highest BCUT2D eigenvalue weighted by Gasteiger charge is 2.23. The predicted octanol–water partition coefficient (Wildman–Crippen LogP) is 0.841. The summed E-state index contributed by atoms with van der Waals surface area (Å²) >= 11 is 0. The highest BCUT2D eigenvalue weighted by atomic mass is 15.2. The number of nitrogens with zero attached hydrogens (tertiary/aromatic N) is 2. The van der Waals surface area contributed by atoms with Crippen LogP contribution in [-0.4, -0.2) is 15.8 Å². The normalized spacial score (nSPS) is 14.4. The van der Waals surface area contributed by atoms with Gasteiger partial charge in [0, 0.05) is 19.3 Å². The minimum atomic E-state index is 0.157. The third-order valence-corrected chi connectivity index (χ3v) is 2.44. The Hall–Kier alpha value is -0.870. The molecule has 1 aromatic heterocycles. The highest BCUT2D eigenvalue weighted by molar-refractivity contribution is 5.07. The molecule has 0 saturated heterocycles. The van der Waals surface area contributed by atoms with Gasteiger partial charge in [-0.2, -0.15) is 5.10 Å². The molecule has 1 heterocycles. The number of hydrazine groups is 1. The van der Waals surface area contributed by atoms with Crippen LogP contribution < -0.4 is 11.3 Å². The number of hydrogen-bond acceptors (Lipinski definition) is 3. The molecule has 0 spiro atoms. The quantitative estimate of drug-likeness (QED) is 0.556. The van der Waals surface area contributed by atoms with Gasteiger partial charge < -0.3 is 0 Å². The molecule has 80 valence electrons. The van der Waals surface area contributed by atoms with E-state index in [1.807, 2.05) is 24.1 Å². The van der Waals surface area contributed by atoms with E-state index in [-0.39, 0.29) is 11.5 Å². The Morgan fingerprint density at radius 3 is 2.57 bits per heavy atom. The summed E-state index contributed by atoms with van der Waals surface area (Å²) in [6.45, 7) is 6.52. The van der Waals surface area contributed by atoms with Crippen molar-refractivity contribution in [1.29, 1.82) is 0 Å². The van der Waals surface area contributed by atoms with E-state index >= 15 is 0 Å². The van der Waals surface area contributed by atoms with Crippen LogP contribution in [0.25, 0.3) is 0 Å². The first-order valence-electron chi connectivity index (χ1n) is 4.87. The van der Waals surface area contributed by atoms with E-state index in [1.54, 1.807) is 0 Å². The average Bonchev–Trinajstić information content (AvgIpc) is 2.45. The van der Waals surface area contributed by atoms with Crippen LogP contribution in [-0.2, 0) is 13.5 Å². The first-order valence-corrected chi connectivity index (χ1v) is 4.87. The van der Waals surface area contributed by atoms with Gasteiger partial charge in [-0.05, 0) is 17.4 Å². The molecule has 14 heavy (non-hydrogen) atoms. The van der Waals surface area contributed by atoms with Crippen LogP contribution in [0, 0.1) is 5.41 Å². The third-order valence-electron chi connectivity index (χ3n) is 2.44. The van der Waals surface area contributed by atoms with Gasteiger partial charge in [0.05, 0.1) is 6.20 Å². The Labute approximate surface area is 85.5 Å². The van der Waals surface area contributed by atoms with Crippen LogP contribution in [0.15, 0.2) is 12.4 Å². The summed E-state index contributed by atoms with van der Waals surface area (Å²) in [6.07, 6.45) is 4.82. The SMILES string of the molecule is Cn1cc(CC(NN)C(C)(C)C)cn1. The molecule has 0 aliphatic rings. The van der Waals surface area contributed by atoms with Gasteiger partial charge in [-0.15, -0.1) is 0 Å². The van der Waals surface area contributed by atoms with Gasteiger partial charge in [0.1, 0.15) is 0 Å². The fourth-order valence-electron chi connectivity index (χ4n) is 1.43. The third kappa shape index (κ3) is 2.82. The molecule has 0 aliphatic heterocycles. The van der Waals surface area contributed by atoms with Crippen molar-refractivity contribution in [2.24, 2.45) is 18.3 Å². The Bertz CT molecular complexity index is 285. The number of nitrogens with one attached hydrogen (secondary N) is 1. The molecule has 0 fully saturated rings. The van der Waals surface area contributed by atoms with Gasteiger partial charge in [0.25, 0.3) is 0 Å². The molecule has 0 aliphatic carbocycles. The number of aromatic nitrogens is 2. The zero-order valence-corrected chi connectivity index (χ0v) is 9.41. The lowest BCUT2D eigenvalue weighted by Crippen LogP contribution is -2.45. The van der Waals surface area contributed by atoms with Crippen LogP contribution in [0.3, 0.4) is 0 Å². The molecule has 0 aromatic carbocycles. The maximum Gasteiger partial charge on any atom is 0.0522 e. The van der Waals surface area contributed by atoms with Gasteiger partial charge in [-0.3, -0.25) is 16.0 Å². The van der Waals surface area contributed by atoms with Crippen molar-refractivity contribution in [3.63, 3.8) is 0 Å². The lowest BCUT2D eigenvalue weighted by molar-refractivity contribution is 0.269. The molecule has 1 atom stereocenters. The molecule has 0 amide bonds. The zero-order valence-electron chi connectivity index (χ0n) is 9.41. The summed E-state index contributed by atoms with van der Waals surface area (Å²) in [4.78, 5) is 0. The number of nitrogens with two attached hydrogens (primary N) is 1. The van der Waals surface area contributed by atoms with Crippen LogP contribution >= 0.6 is 0 Å². The van der Waals surface area contributed by atoms with Crippen molar-refractivity contribution in [2.75, 3.05) is 0 Å². The van der Waals surface area contributed by atoms with E-state index in [1.165, 1.54) is 5.56 Å². The molecule has 4 heteroatoms. The number of hydrogen-bond donors (Lipinski definition) is 2. The summed E-state index contributed by atoms with van der Waals surface area (Å²) < 4.78 is 1.81. The van der Waals surface area contributed by atoms with Gasteiger partial charge >= 0.3 is 0 Å². The zero-order chi connectivity index (χ0) is 10.8. The van der Waals surface area contributed by atoms with E-state index in [0.717, 1.165) is 6.42 Å². The molecule has 4 nitrogen and oxygen atoms in total. The summed E-state index contributed by atoms with van der Waals surface area (Å²) in [7, 11) is 1.92. The molecule has 1 unspecified atom stereocenters. The summed E-state index contributed by atoms with van der Waals surface area (Å²) in [6, 6.07) is 0.270. The molecule has 0 bridgehead atoms. The van der Waals surface area contributed by atoms with Gasteiger partial charge in [-0.1, -0.05) is 20.8 Å². The van der Waals surface area contributed by atoms with Crippen LogP contribution in [0.2, 0.25) is 0 Å². The minimum Gasteiger partial charge on any atom is -0.276 e. The van der Waals surface area contributed by atoms with Gasteiger partial charge in [0.15, 0.2) is 0 Å². The van der Waals surface area contributed by atoms with Crippen molar-refractivity contribution in [2.45, 2.75) is 33.2 Å². The Morgan fingerprint density at radius 2 is 2.21 bits per heavy atom. The topological polar surface area (TPSA) is 55.9 Å². The summed E-state index contributed by atoms with van der Waals surface area (Å²) in [5, 5.41) is 4.13. The maximum atomic E-state index is 5.54. The monoisotopic (exact) mass is 196 g/mol. The predicted molar refractivity (Wildman–Crippen MR) is 57.5 cm³/mol. The van der Waals surface area contributed by atoms with Crippen molar-refractivity contribution >= 4 is 0 Å². The first-order chi connectivity index (χ1) is 6.43. The highest BCUT2D eigenvalue weighted by Crippen LogP contribution is 2.21. The van der Waals surface area contributed by atoms with Crippen molar-refractivity contribution in [3.05, 3.63) is 18.0 Å². The molecular weight excluding hydrogens is 176 g/mol. The Balaban J connectivity index is 2.66. The van der Waals surface area contributed by atoms with Crippen LogP contribution in [0.5, 0.6) is 0 Å². The number of aryl methyl sites for hydroxylation is 1. The van der Waals surface area contributed by atoms with Gasteiger partial charge in [-0.25, -0.2) is 0 Å². The second kappa shape index (κ2) is 4.11. The first kappa shape index (κ1) is 11.2. The summed E-state index contributed by atoms with van der Waals surface area (Å²) in [5.41, 5.74) is 4.23.